The first-order valence-electron chi connectivity index (χ1n) is 5.83. The van der Waals surface area contributed by atoms with Crippen LogP contribution in [0.1, 0.15) is 0 Å². The number of benzene rings is 2. The van der Waals surface area contributed by atoms with Gasteiger partial charge in [0.1, 0.15) is 0 Å². The van der Waals surface area contributed by atoms with E-state index in [4.69, 9.17) is 23.2 Å². The quantitative estimate of drug-likeness (QED) is 0.799. The van der Waals surface area contributed by atoms with Crippen LogP contribution >= 0.6 is 23.2 Å². The van der Waals surface area contributed by atoms with Crippen LogP contribution in [-0.2, 0) is 10.2 Å². The Labute approximate surface area is 136 Å². The lowest BCUT2D eigenvalue weighted by atomic mass is 10.3. The van der Waals surface area contributed by atoms with Gasteiger partial charge in [-0.3, -0.25) is 0 Å². The highest BCUT2D eigenvalue weighted by Crippen LogP contribution is 2.25. The predicted molar refractivity (Wildman–Crippen MR) is 83.8 cm³/mol. The van der Waals surface area contributed by atoms with Gasteiger partial charge in [-0.05, 0) is 42.5 Å². The zero-order chi connectivity index (χ0) is 16.3. The Morgan fingerprint density at radius 2 is 1.45 bits per heavy atom. The van der Waals surface area contributed by atoms with Gasteiger partial charge in [0.25, 0.3) is 0 Å². The molecule has 0 aliphatic carbocycles. The molecule has 22 heavy (non-hydrogen) atoms. The lowest BCUT2D eigenvalue weighted by Gasteiger charge is -2.08. The summed E-state index contributed by atoms with van der Waals surface area (Å²) in [5, 5.41) is 5.62. The molecule has 2 rings (SSSR count). The van der Waals surface area contributed by atoms with E-state index in [1.165, 1.54) is 24.3 Å². The lowest BCUT2D eigenvalue weighted by Crippen LogP contribution is -2.19. The number of carbonyl (C=O) groups is 1. The first-order valence-corrected chi connectivity index (χ1v) is 7.97. The molecule has 0 saturated carbocycles. The highest BCUT2D eigenvalue weighted by molar-refractivity contribution is 7.86. The Morgan fingerprint density at radius 1 is 0.909 bits per heavy atom. The van der Waals surface area contributed by atoms with Crippen LogP contribution in [-0.4, -0.2) is 14.4 Å². The fourth-order valence-corrected chi connectivity index (χ4v) is 2.33. The zero-order valence-electron chi connectivity index (χ0n) is 10.8. The fourth-order valence-electron chi connectivity index (χ4n) is 1.57. The largest absolute Gasteiger partial charge is 0.332 e. The maximum Gasteiger partial charge on any atom is 0.332 e. The summed E-state index contributed by atoms with van der Waals surface area (Å²) in [5.74, 6) is 0. The third-order valence-corrected chi connectivity index (χ3v) is 4.15. The predicted octanol–water partition coefficient (Wildman–Crippen LogP) is 4.30. The summed E-state index contributed by atoms with van der Waals surface area (Å²) in [6, 6.07) is 8.61. The molecule has 2 amide bonds. The van der Waals surface area contributed by atoms with Gasteiger partial charge in [0.05, 0.1) is 14.9 Å². The lowest BCUT2D eigenvalue weighted by molar-refractivity contribution is 0.262. The van der Waals surface area contributed by atoms with Crippen LogP contribution in [0.4, 0.5) is 20.1 Å². The molecule has 0 aromatic heterocycles. The SMILES string of the molecule is O=C(Nc1ccc(S(=O)(=O)F)cc1)Nc1ccc(Cl)c(Cl)c1. The molecular formula is C13H9Cl2FN2O3S. The summed E-state index contributed by atoms with van der Waals surface area (Å²) in [6.45, 7) is 0. The molecule has 2 aromatic carbocycles. The molecule has 0 aliphatic rings. The number of carbonyl (C=O) groups excluding carboxylic acids is 1. The van der Waals surface area contributed by atoms with Crippen molar-refractivity contribution in [3.63, 3.8) is 0 Å². The topological polar surface area (TPSA) is 75.3 Å². The van der Waals surface area contributed by atoms with Crippen LogP contribution in [0, 0.1) is 0 Å². The third-order valence-electron chi connectivity index (χ3n) is 2.57. The Bertz CT molecular complexity index is 811. The Morgan fingerprint density at radius 3 is 2.00 bits per heavy atom. The summed E-state index contributed by atoms with van der Waals surface area (Å²) in [5.41, 5.74) is 0.722. The number of amides is 2. The average molecular weight is 363 g/mol. The van der Waals surface area contributed by atoms with Gasteiger partial charge in [-0.2, -0.15) is 8.42 Å². The van der Waals surface area contributed by atoms with Crippen LogP contribution in [0.15, 0.2) is 47.4 Å². The van der Waals surface area contributed by atoms with Crippen LogP contribution in [0.5, 0.6) is 0 Å². The number of hydrogen-bond acceptors (Lipinski definition) is 3. The van der Waals surface area contributed by atoms with Gasteiger partial charge in [-0.1, -0.05) is 23.2 Å². The highest BCUT2D eigenvalue weighted by atomic mass is 35.5. The van der Waals surface area contributed by atoms with Gasteiger partial charge in [-0.15, -0.1) is 3.89 Å². The van der Waals surface area contributed by atoms with Crippen LogP contribution in [0.3, 0.4) is 0 Å². The molecule has 0 radical (unpaired) electrons. The molecule has 2 N–H and O–H groups in total. The van der Waals surface area contributed by atoms with Gasteiger partial charge < -0.3 is 10.6 Å². The second kappa shape index (κ2) is 6.51. The maximum atomic E-state index is 12.7. The van der Waals surface area contributed by atoms with E-state index >= 15 is 0 Å². The number of urea groups is 1. The highest BCUT2D eigenvalue weighted by Gasteiger charge is 2.11. The average Bonchev–Trinajstić information content (AvgIpc) is 2.42. The molecule has 0 saturated heterocycles. The van der Waals surface area contributed by atoms with E-state index in [-0.39, 0.29) is 5.02 Å². The molecule has 0 atom stereocenters. The van der Waals surface area contributed by atoms with Crippen molar-refractivity contribution < 1.29 is 17.1 Å². The second-order valence-electron chi connectivity index (χ2n) is 4.17. The van der Waals surface area contributed by atoms with Gasteiger partial charge in [0.2, 0.25) is 0 Å². The summed E-state index contributed by atoms with van der Waals surface area (Å²) in [4.78, 5) is 11.3. The summed E-state index contributed by atoms with van der Waals surface area (Å²) >= 11 is 11.6. The monoisotopic (exact) mass is 362 g/mol. The third kappa shape index (κ3) is 4.33. The van der Waals surface area contributed by atoms with Crippen molar-refractivity contribution in [2.24, 2.45) is 0 Å². The Hall–Kier alpha value is -1.83. The minimum Gasteiger partial charge on any atom is -0.308 e. The van der Waals surface area contributed by atoms with E-state index in [0.29, 0.717) is 16.4 Å². The first-order chi connectivity index (χ1) is 10.3. The van der Waals surface area contributed by atoms with E-state index in [9.17, 15) is 17.1 Å². The molecule has 2 aromatic rings. The summed E-state index contributed by atoms with van der Waals surface area (Å²) in [6.07, 6.45) is 0. The number of hydrogen-bond donors (Lipinski definition) is 2. The van der Waals surface area contributed by atoms with Crippen molar-refractivity contribution in [2.45, 2.75) is 4.90 Å². The number of nitrogens with one attached hydrogen (secondary N) is 2. The maximum absolute atomic E-state index is 12.7. The molecule has 9 heteroatoms. The standard InChI is InChI=1S/C13H9Cl2FN2O3S/c14-11-6-3-9(7-12(11)15)18-13(19)17-8-1-4-10(5-2-8)22(16,20)21/h1-7H,(H2,17,18,19). The van der Waals surface area contributed by atoms with E-state index in [1.807, 2.05) is 0 Å². The van der Waals surface area contributed by atoms with Gasteiger partial charge in [-0.25, -0.2) is 4.79 Å². The van der Waals surface area contributed by atoms with E-state index < -0.39 is 21.1 Å². The van der Waals surface area contributed by atoms with Crippen molar-refractivity contribution in [1.82, 2.24) is 0 Å². The normalized spacial score (nSPS) is 11.0. The zero-order valence-corrected chi connectivity index (χ0v) is 13.1. The molecule has 0 bridgehead atoms. The fraction of sp³-hybridized carbons (Fsp3) is 0. The Balaban J connectivity index is 2.04. The van der Waals surface area contributed by atoms with Crippen molar-refractivity contribution in [3.05, 3.63) is 52.5 Å². The van der Waals surface area contributed by atoms with Crippen molar-refractivity contribution in [1.29, 1.82) is 0 Å². The molecule has 0 unspecified atom stereocenters. The van der Waals surface area contributed by atoms with Crippen molar-refractivity contribution >= 4 is 50.8 Å². The van der Waals surface area contributed by atoms with E-state index in [0.717, 1.165) is 12.1 Å². The minimum absolute atomic E-state index is 0.289. The number of halogens is 3. The van der Waals surface area contributed by atoms with E-state index in [1.54, 1.807) is 6.07 Å². The van der Waals surface area contributed by atoms with Gasteiger partial charge >= 0.3 is 16.3 Å². The molecule has 0 heterocycles. The molecular weight excluding hydrogens is 354 g/mol. The van der Waals surface area contributed by atoms with Gasteiger partial charge in [0, 0.05) is 11.4 Å². The molecule has 5 nitrogen and oxygen atoms in total. The van der Waals surface area contributed by atoms with Crippen LogP contribution in [0.25, 0.3) is 0 Å². The molecule has 0 aliphatic heterocycles. The van der Waals surface area contributed by atoms with Crippen molar-refractivity contribution in [3.8, 4) is 0 Å². The smallest absolute Gasteiger partial charge is 0.308 e. The molecule has 0 fully saturated rings. The summed E-state index contributed by atoms with van der Waals surface area (Å²) < 4.78 is 34.1. The van der Waals surface area contributed by atoms with E-state index in [2.05, 4.69) is 10.6 Å². The summed E-state index contributed by atoms with van der Waals surface area (Å²) in [7, 11) is -4.76. The second-order valence-corrected chi connectivity index (χ2v) is 6.33. The number of anilines is 2. The minimum atomic E-state index is -4.76. The first kappa shape index (κ1) is 16.5. The number of rotatable bonds is 3. The molecule has 116 valence electrons. The molecule has 0 spiro atoms. The van der Waals surface area contributed by atoms with Crippen LogP contribution < -0.4 is 10.6 Å². The van der Waals surface area contributed by atoms with Crippen molar-refractivity contribution in [2.75, 3.05) is 10.6 Å². The van der Waals surface area contributed by atoms with Gasteiger partial charge in [0.15, 0.2) is 0 Å². The van der Waals surface area contributed by atoms with Crippen LogP contribution in [0.2, 0.25) is 10.0 Å². The Kier molecular flexibility index (Phi) is 4.90.